The molecule has 2 unspecified atom stereocenters. The summed E-state index contributed by atoms with van der Waals surface area (Å²) < 4.78 is 5.99. The van der Waals surface area contributed by atoms with Gasteiger partial charge in [-0.1, -0.05) is 53.7 Å². The van der Waals surface area contributed by atoms with Gasteiger partial charge in [-0.25, -0.2) is 0 Å². The van der Waals surface area contributed by atoms with Crippen LogP contribution in [0.4, 0.5) is 0 Å². The molecule has 0 aromatic heterocycles. The fraction of sp³-hybridized carbons (Fsp3) is 0.778. The van der Waals surface area contributed by atoms with Crippen LogP contribution in [-0.4, -0.2) is 13.2 Å². The second-order valence-corrected chi connectivity index (χ2v) is 7.66. The maximum absolute atomic E-state index is 5.99. The maximum Gasteiger partial charge on any atom is 0.0517 e. The van der Waals surface area contributed by atoms with Crippen LogP contribution in [-0.2, 0) is 4.74 Å². The third kappa shape index (κ3) is 9.04. The van der Waals surface area contributed by atoms with Crippen LogP contribution in [0.1, 0.15) is 54.4 Å². The van der Waals surface area contributed by atoms with Crippen molar-refractivity contribution in [2.24, 2.45) is 22.7 Å². The SMILES string of the molecule is C=CC(C)CC(C)(C)COCC(C)(C)CC(C)C=C. The Bertz CT molecular complexity index is 247. The van der Waals surface area contributed by atoms with Gasteiger partial charge in [0.1, 0.15) is 0 Å². The minimum atomic E-state index is 0.216. The lowest BCUT2D eigenvalue weighted by Crippen LogP contribution is -2.27. The Morgan fingerprint density at radius 1 is 0.842 bits per heavy atom. The molecule has 0 aliphatic rings. The van der Waals surface area contributed by atoms with E-state index in [2.05, 4.69) is 54.7 Å². The highest BCUT2D eigenvalue weighted by atomic mass is 16.5. The van der Waals surface area contributed by atoms with E-state index in [1.165, 1.54) is 0 Å². The van der Waals surface area contributed by atoms with Gasteiger partial charge in [0.2, 0.25) is 0 Å². The highest BCUT2D eigenvalue weighted by Gasteiger charge is 2.24. The molecule has 19 heavy (non-hydrogen) atoms. The summed E-state index contributed by atoms with van der Waals surface area (Å²) in [4.78, 5) is 0. The molecule has 112 valence electrons. The summed E-state index contributed by atoms with van der Waals surface area (Å²) in [6, 6.07) is 0. The molecule has 0 rings (SSSR count). The van der Waals surface area contributed by atoms with Gasteiger partial charge >= 0.3 is 0 Å². The first-order valence-corrected chi connectivity index (χ1v) is 7.45. The summed E-state index contributed by atoms with van der Waals surface area (Å²) in [7, 11) is 0. The average molecular weight is 266 g/mol. The van der Waals surface area contributed by atoms with Crippen molar-refractivity contribution in [3.05, 3.63) is 25.3 Å². The first kappa shape index (κ1) is 18.4. The molecule has 0 N–H and O–H groups in total. The molecule has 0 aromatic carbocycles. The van der Waals surface area contributed by atoms with Crippen molar-refractivity contribution in [1.82, 2.24) is 0 Å². The number of hydrogen-bond donors (Lipinski definition) is 0. The van der Waals surface area contributed by atoms with Crippen LogP contribution in [0.5, 0.6) is 0 Å². The van der Waals surface area contributed by atoms with Crippen LogP contribution in [0.25, 0.3) is 0 Å². The Hall–Kier alpha value is -0.560. The zero-order valence-electron chi connectivity index (χ0n) is 14.0. The molecule has 0 saturated heterocycles. The summed E-state index contributed by atoms with van der Waals surface area (Å²) in [6.07, 6.45) is 6.30. The second kappa shape index (κ2) is 7.89. The number of hydrogen-bond acceptors (Lipinski definition) is 1. The molecule has 0 amide bonds. The van der Waals surface area contributed by atoms with Crippen LogP contribution >= 0.6 is 0 Å². The molecule has 0 aliphatic heterocycles. The van der Waals surface area contributed by atoms with Crippen LogP contribution < -0.4 is 0 Å². The molecule has 1 heteroatoms. The molecule has 0 bridgehead atoms. The van der Waals surface area contributed by atoms with E-state index in [0.29, 0.717) is 11.8 Å². The van der Waals surface area contributed by atoms with E-state index in [0.717, 1.165) is 26.1 Å². The average Bonchev–Trinajstić information content (AvgIpc) is 2.26. The van der Waals surface area contributed by atoms with E-state index >= 15 is 0 Å². The van der Waals surface area contributed by atoms with Gasteiger partial charge in [0.25, 0.3) is 0 Å². The lowest BCUT2D eigenvalue weighted by Gasteiger charge is -2.31. The van der Waals surface area contributed by atoms with E-state index in [1.54, 1.807) is 0 Å². The Labute approximate surface area is 121 Å². The van der Waals surface area contributed by atoms with E-state index in [4.69, 9.17) is 4.74 Å². The minimum Gasteiger partial charge on any atom is -0.380 e. The maximum atomic E-state index is 5.99. The lowest BCUT2D eigenvalue weighted by atomic mass is 9.83. The molecular formula is C18H34O. The van der Waals surface area contributed by atoms with Gasteiger partial charge in [-0.15, -0.1) is 13.2 Å². The quantitative estimate of drug-likeness (QED) is 0.476. The Morgan fingerprint density at radius 2 is 1.16 bits per heavy atom. The standard InChI is InChI=1S/C18H34O/c1-9-15(3)11-17(5,6)13-19-14-18(7,8)12-16(4)10-2/h9-10,15-16H,1-2,11-14H2,3-8H3. The summed E-state index contributed by atoms with van der Waals surface area (Å²) in [5, 5.41) is 0. The lowest BCUT2D eigenvalue weighted by molar-refractivity contribution is 0.00415. The summed E-state index contributed by atoms with van der Waals surface area (Å²) in [5.41, 5.74) is 0.432. The van der Waals surface area contributed by atoms with Gasteiger partial charge in [0.05, 0.1) is 13.2 Å². The monoisotopic (exact) mass is 266 g/mol. The van der Waals surface area contributed by atoms with E-state index in [1.807, 2.05) is 12.2 Å². The van der Waals surface area contributed by atoms with E-state index in [9.17, 15) is 0 Å². The highest BCUT2D eigenvalue weighted by molar-refractivity contribution is 4.83. The predicted molar refractivity (Wildman–Crippen MR) is 86.3 cm³/mol. The third-order valence-electron chi connectivity index (χ3n) is 3.54. The molecule has 0 radical (unpaired) electrons. The van der Waals surface area contributed by atoms with Crippen LogP contribution in [0.15, 0.2) is 25.3 Å². The van der Waals surface area contributed by atoms with Gasteiger partial charge in [0.15, 0.2) is 0 Å². The Kier molecular flexibility index (Phi) is 7.66. The first-order valence-electron chi connectivity index (χ1n) is 7.45. The molecule has 0 aliphatic carbocycles. The fourth-order valence-electron chi connectivity index (χ4n) is 2.63. The van der Waals surface area contributed by atoms with Crippen molar-refractivity contribution in [1.29, 1.82) is 0 Å². The Morgan fingerprint density at radius 3 is 1.42 bits per heavy atom. The summed E-state index contributed by atoms with van der Waals surface area (Å²) in [5.74, 6) is 1.10. The third-order valence-corrected chi connectivity index (χ3v) is 3.54. The second-order valence-electron chi connectivity index (χ2n) is 7.66. The van der Waals surface area contributed by atoms with Crippen LogP contribution in [0, 0.1) is 22.7 Å². The van der Waals surface area contributed by atoms with Gasteiger partial charge < -0.3 is 4.74 Å². The molecule has 0 fully saturated rings. The van der Waals surface area contributed by atoms with Crippen molar-refractivity contribution in [2.45, 2.75) is 54.4 Å². The predicted octanol–water partition coefficient (Wildman–Crippen LogP) is 5.48. The van der Waals surface area contributed by atoms with Crippen molar-refractivity contribution < 1.29 is 4.74 Å². The smallest absolute Gasteiger partial charge is 0.0517 e. The molecule has 0 aromatic rings. The summed E-state index contributed by atoms with van der Waals surface area (Å²) in [6.45, 7) is 22.9. The summed E-state index contributed by atoms with van der Waals surface area (Å²) >= 11 is 0. The van der Waals surface area contributed by atoms with Gasteiger partial charge in [-0.05, 0) is 35.5 Å². The first-order chi connectivity index (χ1) is 8.62. The van der Waals surface area contributed by atoms with Crippen molar-refractivity contribution >= 4 is 0 Å². The molecule has 1 nitrogen and oxygen atoms in total. The number of allylic oxidation sites excluding steroid dienone is 2. The van der Waals surface area contributed by atoms with Crippen molar-refractivity contribution in [3.63, 3.8) is 0 Å². The van der Waals surface area contributed by atoms with Crippen molar-refractivity contribution in [3.8, 4) is 0 Å². The number of ether oxygens (including phenoxy) is 1. The van der Waals surface area contributed by atoms with Crippen LogP contribution in [0.2, 0.25) is 0 Å². The van der Waals surface area contributed by atoms with E-state index in [-0.39, 0.29) is 10.8 Å². The molecular weight excluding hydrogens is 232 g/mol. The zero-order valence-corrected chi connectivity index (χ0v) is 14.0. The topological polar surface area (TPSA) is 9.23 Å². The molecule has 0 saturated carbocycles. The highest BCUT2D eigenvalue weighted by Crippen LogP contribution is 2.29. The molecule has 0 heterocycles. The molecule has 2 atom stereocenters. The minimum absolute atomic E-state index is 0.216. The fourth-order valence-corrected chi connectivity index (χ4v) is 2.63. The van der Waals surface area contributed by atoms with Crippen molar-refractivity contribution in [2.75, 3.05) is 13.2 Å². The van der Waals surface area contributed by atoms with Gasteiger partial charge in [0, 0.05) is 0 Å². The zero-order chi connectivity index (χ0) is 15.1. The van der Waals surface area contributed by atoms with Crippen LogP contribution in [0.3, 0.4) is 0 Å². The van der Waals surface area contributed by atoms with Gasteiger partial charge in [-0.2, -0.15) is 0 Å². The van der Waals surface area contributed by atoms with Gasteiger partial charge in [-0.3, -0.25) is 0 Å². The molecule has 0 spiro atoms. The van der Waals surface area contributed by atoms with E-state index < -0.39 is 0 Å². The normalized spacial score (nSPS) is 15.9. The number of rotatable bonds is 10. The Balaban J connectivity index is 4.12. The largest absolute Gasteiger partial charge is 0.380 e.